The number of amides is 1. The van der Waals surface area contributed by atoms with Crippen LogP contribution in [0.15, 0.2) is 48.5 Å². The fraction of sp³-hybridized carbons (Fsp3) is 0.350. The third kappa shape index (κ3) is 4.95. The number of morpholine rings is 1. The number of rotatable bonds is 5. The molecule has 1 atom stereocenters. The molecule has 0 unspecified atom stereocenters. The lowest BCUT2D eigenvalue weighted by molar-refractivity contribution is -0.137. The van der Waals surface area contributed by atoms with Gasteiger partial charge in [-0.2, -0.15) is 13.2 Å². The Morgan fingerprint density at radius 1 is 1.14 bits per heavy atom. The van der Waals surface area contributed by atoms with E-state index in [2.05, 4.69) is 5.32 Å². The summed E-state index contributed by atoms with van der Waals surface area (Å²) in [6.07, 6.45) is -5.38. The van der Waals surface area contributed by atoms with Gasteiger partial charge in [0, 0.05) is 13.1 Å². The summed E-state index contributed by atoms with van der Waals surface area (Å²) in [5, 5.41) is 2.59. The molecule has 1 aliphatic heterocycles. The van der Waals surface area contributed by atoms with Crippen LogP contribution in [0.25, 0.3) is 0 Å². The highest BCUT2D eigenvalue weighted by Gasteiger charge is 2.32. The first kappa shape index (κ1) is 20.0. The Kier molecular flexibility index (Phi) is 6.08. The van der Waals surface area contributed by atoms with Gasteiger partial charge in [-0.1, -0.05) is 18.2 Å². The molecule has 5 nitrogen and oxygen atoms in total. The lowest BCUT2D eigenvalue weighted by Gasteiger charge is -2.31. The highest BCUT2D eigenvalue weighted by Crippen LogP contribution is 2.36. The minimum absolute atomic E-state index is 0.102. The second kappa shape index (κ2) is 8.52. The molecule has 1 heterocycles. The molecular weight excluding hydrogens is 373 g/mol. The number of halogens is 3. The maximum Gasteiger partial charge on any atom is 0.416 e. The number of alkyl halides is 3. The van der Waals surface area contributed by atoms with Gasteiger partial charge in [0.15, 0.2) is 6.10 Å². The van der Waals surface area contributed by atoms with E-state index in [1.54, 1.807) is 31.2 Å². The SMILES string of the molecule is C[C@@H](Oc1ccccc1)C(=O)Nc1cc(C(F)(F)F)ccc1N1CCOCC1. The van der Waals surface area contributed by atoms with Gasteiger partial charge in [0.1, 0.15) is 5.75 Å². The maximum atomic E-state index is 13.2. The molecule has 0 saturated carbocycles. The Morgan fingerprint density at radius 2 is 1.82 bits per heavy atom. The first-order valence-corrected chi connectivity index (χ1v) is 8.91. The summed E-state index contributed by atoms with van der Waals surface area (Å²) >= 11 is 0. The quantitative estimate of drug-likeness (QED) is 0.835. The Hall–Kier alpha value is -2.74. The van der Waals surface area contributed by atoms with Crippen LogP contribution in [0.1, 0.15) is 12.5 Å². The molecular formula is C20H21F3N2O3. The van der Waals surface area contributed by atoms with E-state index < -0.39 is 23.8 Å². The second-order valence-electron chi connectivity index (χ2n) is 6.39. The molecule has 28 heavy (non-hydrogen) atoms. The van der Waals surface area contributed by atoms with Crippen molar-refractivity contribution >= 4 is 17.3 Å². The van der Waals surface area contributed by atoms with E-state index in [-0.39, 0.29) is 5.69 Å². The number of para-hydroxylation sites is 1. The number of hydrogen-bond acceptors (Lipinski definition) is 4. The predicted octanol–water partition coefficient (Wildman–Crippen LogP) is 3.95. The summed E-state index contributed by atoms with van der Waals surface area (Å²) in [6.45, 7) is 3.56. The summed E-state index contributed by atoms with van der Waals surface area (Å²) in [5.41, 5.74) is -0.196. The third-order valence-corrected chi connectivity index (χ3v) is 4.36. The van der Waals surface area contributed by atoms with E-state index in [4.69, 9.17) is 9.47 Å². The highest BCUT2D eigenvalue weighted by atomic mass is 19.4. The van der Waals surface area contributed by atoms with Crippen LogP contribution in [-0.4, -0.2) is 38.3 Å². The van der Waals surface area contributed by atoms with Gasteiger partial charge in [0.2, 0.25) is 0 Å². The molecule has 0 spiro atoms. The van der Waals surface area contributed by atoms with Crippen LogP contribution < -0.4 is 15.0 Å². The Labute approximate surface area is 161 Å². The van der Waals surface area contributed by atoms with Gasteiger partial charge in [-0.3, -0.25) is 4.79 Å². The van der Waals surface area contributed by atoms with E-state index in [1.807, 2.05) is 11.0 Å². The molecule has 1 N–H and O–H groups in total. The molecule has 2 aromatic rings. The Morgan fingerprint density at radius 3 is 2.46 bits per heavy atom. The van der Waals surface area contributed by atoms with E-state index in [1.165, 1.54) is 6.07 Å². The molecule has 0 aliphatic carbocycles. The molecule has 1 amide bonds. The van der Waals surface area contributed by atoms with Crippen molar-refractivity contribution in [3.63, 3.8) is 0 Å². The van der Waals surface area contributed by atoms with Crippen LogP contribution >= 0.6 is 0 Å². The van der Waals surface area contributed by atoms with Crippen molar-refractivity contribution in [2.45, 2.75) is 19.2 Å². The largest absolute Gasteiger partial charge is 0.481 e. The molecule has 1 fully saturated rings. The Bertz CT molecular complexity index is 806. The molecule has 0 radical (unpaired) electrons. The van der Waals surface area contributed by atoms with Crippen molar-refractivity contribution in [3.8, 4) is 5.75 Å². The number of nitrogens with zero attached hydrogens (tertiary/aromatic N) is 1. The lowest BCUT2D eigenvalue weighted by atomic mass is 10.1. The van der Waals surface area contributed by atoms with Crippen LogP contribution in [-0.2, 0) is 15.7 Å². The fourth-order valence-corrected chi connectivity index (χ4v) is 2.88. The summed E-state index contributed by atoms with van der Waals surface area (Å²) in [4.78, 5) is 14.4. The molecule has 150 valence electrons. The van der Waals surface area contributed by atoms with Crippen LogP contribution in [0.5, 0.6) is 5.75 Å². The minimum Gasteiger partial charge on any atom is -0.481 e. The van der Waals surface area contributed by atoms with Crippen molar-refractivity contribution < 1.29 is 27.4 Å². The second-order valence-corrected chi connectivity index (χ2v) is 6.39. The van der Waals surface area contributed by atoms with E-state index in [0.29, 0.717) is 37.7 Å². The molecule has 2 aromatic carbocycles. The smallest absolute Gasteiger partial charge is 0.416 e. The number of ether oxygens (including phenoxy) is 2. The maximum absolute atomic E-state index is 13.2. The number of nitrogens with one attached hydrogen (secondary N) is 1. The van der Waals surface area contributed by atoms with Crippen molar-refractivity contribution in [2.75, 3.05) is 36.5 Å². The summed E-state index contributed by atoms with van der Waals surface area (Å²) in [7, 11) is 0. The van der Waals surface area contributed by atoms with Crippen LogP contribution in [0.3, 0.4) is 0 Å². The summed E-state index contributed by atoms with van der Waals surface area (Å²) in [6, 6.07) is 12.1. The van der Waals surface area contributed by atoms with Crippen molar-refractivity contribution in [1.82, 2.24) is 0 Å². The number of carbonyl (C=O) groups is 1. The van der Waals surface area contributed by atoms with E-state index in [0.717, 1.165) is 12.1 Å². The lowest BCUT2D eigenvalue weighted by Crippen LogP contribution is -2.37. The van der Waals surface area contributed by atoms with Crippen LogP contribution in [0, 0.1) is 0 Å². The zero-order valence-electron chi connectivity index (χ0n) is 15.3. The third-order valence-electron chi connectivity index (χ3n) is 4.36. The van der Waals surface area contributed by atoms with E-state index >= 15 is 0 Å². The Balaban J connectivity index is 1.82. The van der Waals surface area contributed by atoms with Gasteiger partial charge in [0.05, 0.1) is 30.2 Å². The summed E-state index contributed by atoms with van der Waals surface area (Å²) < 4.78 is 50.3. The van der Waals surface area contributed by atoms with Crippen LogP contribution in [0.2, 0.25) is 0 Å². The first-order chi connectivity index (χ1) is 13.3. The summed E-state index contributed by atoms with van der Waals surface area (Å²) in [5.74, 6) is -0.0275. The predicted molar refractivity (Wildman–Crippen MR) is 99.6 cm³/mol. The average Bonchev–Trinajstić information content (AvgIpc) is 2.68. The first-order valence-electron chi connectivity index (χ1n) is 8.91. The van der Waals surface area contributed by atoms with Crippen molar-refractivity contribution in [3.05, 3.63) is 54.1 Å². The minimum atomic E-state index is -4.50. The van der Waals surface area contributed by atoms with Gasteiger partial charge in [0.25, 0.3) is 5.91 Å². The number of benzene rings is 2. The van der Waals surface area contributed by atoms with Crippen LogP contribution in [0.4, 0.5) is 24.5 Å². The van der Waals surface area contributed by atoms with E-state index in [9.17, 15) is 18.0 Å². The zero-order chi connectivity index (χ0) is 20.1. The van der Waals surface area contributed by atoms with Gasteiger partial charge < -0.3 is 19.7 Å². The topological polar surface area (TPSA) is 50.8 Å². The van der Waals surface area contributed by atoms with Gasteiger partial charge >= 0.3 is 6.18 Å². The molecule has 8 heteroatoms. The van der Waals surface area contributed by atoms with Gasteiger partial charge in [-0.15, -0.1) is 0 Å². The monoisotopic (exact) mass is 394 g/mol. The highest BCUT2D eigenvalue weighted by molar-refractivity contribution is 5.97. The number of carbonyl (C=O) groups excluding carboxylic acids is 1. The molecule has 0 bridgehead atoms. The normalized spacial score (nSPS) is 15.8. The fourth-order valence-electron chi connectivity index (χ4n) is 2.88. The average molecular weight is 394 g/mol. The number of anilines is 2. The van der Waals surface area contributed by atoms with Gasteiger partial charge in [-0.05, 0) is 37.3 Å². The van der Waals surface area contributed by atoms with Crippen molar-refractivity contribution in [1.29, 1.82) is 0 Å². The molecule has 3 rings (SSSR count). The number of hydrogen-bond donors (Lipinski definition) is 1. The molecule has 0 aromatic heterocycles. The molecule has 1 saturated heterocycles. The standard InChI is InChI=1S/C20H21F3N2O3/c1-14(28-16-5-3-2-4-6-16)19(26)24-17-13-15(20(21,22)23)7-8-18(17)25-9-11-27-12-10-25/h2-8,13-14H,9-12H2,1H3,(H,24,26)/t14-/m1/s1. The molecule has 1 aliphatic rings. The zero-order valence-corrected chi connectivity index (χ0v) is 15.3. The van der Waals surface area contributed by atoms with Crippen molar-refractivity contribution in [2.24, 2.45) is 0 Å². The van der Waals surface area contributed by atoms with Gasteiger partial charge in [-0.25, -0.2) is 0 Å².